The average molecular weight is 293 g/mol. The molecule has 1 saturated carbocycles. The molecule has 3 N–H and O–H groups in total. The summed E-state index contributed by atoms with van der Waals surface area (Å²) >= 11 is 0. The number of carboxylic acids is 1. The van der Waals surface area contributed by atoms with Crippen molar-refractivity contribution in [3.63, 3.8) is 0 Å². The van der Waals surface area contributed by atoms with Gasteiger partial charge < -0.3 is 15.7 Å². The zero-order valence-electron chi connectivity index (χ0n) is 11.5. The van der Waals surface area contributed by atoms with Crippen molar-refractivity contribution >= 4 is 23.4 Å². The van der Waals surface area contributed by atoms with Gasteiger partial charge in [-0.1, -0.05) is 13.8 Å². The molecule has 0 radical (unpaired) electrons. The number of anilines is 1. The second kappa shape index (κ2) is 4.72. The monoisotopic (exact) mass is 293 g/mol. The Hall–Kier alpha value is -2.64. The van der Waals surface area contributed by atoms with Gasteiger partial charge in [-0.3, -0.25) is 10.1 Å². The Morgan fingerprint density at radius 1 is 1.29 bits per heavy atom. The third-order valence-electron chi connectivity index (χ3n) is 3.77. The van der Waals surface area contributed by atoms with E-state index in [4.69, 9.17) is 0 Å². The lowest BCUT2D eigenvalue weighted by Gasteiger charge is -2.18. The second-order valence-corrected chi connectivity index (χ2v) is 5.65. The fourth-order valence-corrected chi connectivity index (χ4v) is 2.27. The van der Waals surface area contributed by atoms with Gasteiger partial charge in [0.25, 0.3) is 5.69 Å². The molecule has 0 aromatic heterocycles. The molecule has 1 atom stereocenters. The number of carboxylic acid groups (broad SMARTS) is 1. The summed E-state index contributed by atoms with van der Waals surface area (Å²) in [5, 5.41) is 24.7. The summed E-state index contributed by atoms with van der Waals surface area (Å²) in [6.45, 7) is 3.51. The minimum absolute atomic E-state index is 0.0914. The highest BCUT2D eigenvalue weighted by atomic mass is 16.6. The Bertz CT molecular complexity index is 611. The molecule has 1 aliphatic carbocycles. The number of aliphatic carboxylic acids is 1. The van der Waals surface area contributed by atoms with Gasteiger partial charge in [-0.15, -0.1) is 0 Å². The molecule has 0 aliphatic heterocycles. The highest BCUT2D eigenvalue weighted by Crippen LogP contribution is 2.55. The summed E-state index contributed by atoms with van der Waals surface area (Å²) in [5.74, 6) is -1.08. The number of carbonyl (C=O) groups is 2. The Kier molecular flexibility index (Phi) is 3.32. The summed E-state index contributed by atoms with van der Waals surface area (Å²) in [5.41, 5.74) is -1.52. The van der Waals surface area contributed by atoms with Gasteiger partial charge >= 0.3 is 12.0 Å². The summed E-state index contributed by atoms with van der Waals surface area (Å²) in [7, 11) is 0. The molecule has 0 spiro atoms. The van der Waals surface area contributed by atoms with Crippen LogP contribution in [0.3, 0.4) is 0 Å². The van der Waals surface area contributed by atoms with Gasteiger partial charge in [0.2, 0.25) is 0 Å². The van der Waals surface area contributed by atoms with Crippen molar-refractivity contribution in [2.75, 3.05) is 5.32 Å². The van der Waals surface area contributed by atoms with Crippen molar-refractivity contribution in [1.29, 1.82) is 0 Å². The van der Waals surface area contributed by atoms with Crippen LogP contribution in [0.25, 0.3) is 0 Å². The molecule has 1 unspecified atom stereocenters. The Labute approximate surface area is 120 Å². The van der Waals surface area contributed by atoms with E-state index >= 15 is 0 Å². The Morgan fingerprint density at radius 2 is 1.81 bits per heavy atom. The number of nitrogens with one attached hydrogen (secondary N) is 2. The molecule has 8 heteroatoms. The van der Waals surface area contributed by atoms with Gasteiger partial charge in [0.15, 0.2) is 0 Å². The van der Waals surface area contributed by atoms with Crippen molar-refractivity contribution in [2.24, 2.45) is 5.41 Å². The van der Waals surface area contributed by atoms with Gasteiger partial charge in [0, 0.05) is 23.2 Å². The van der Waals surface area contributed by atoms with Crippen molar-refractivity contribution in [3.05, 3.63) is 34.4 Å². The van der Waals surface area contributed by atoms with E-state index in [1.54, 1.807) is 13.8 Å². The van der Waals surface area contributed by atoms with Crippen LogP contribution >= 0.6 is 0 Å². The quantitative estimate of drug-likeness (QED) is 0.578. The zero-order chi connectivity index (χ0) is 15.8. The van der Waals surface area contributed by atoms with E-state index < -0.39 is 27.9 Å². The van der Waals surface area contributed by atoms with Crippen LogP contribution in [-0.4, -0.2) is 27.6 Å². The first kappa shape index (κ1) is 14.8. The lowest BCUT2D eigenvalue weighted by molar-refractivity contribution is -0.384. The van der Waals surface area contributed by atoms with E-state index in [1.807, 2.05) is 0 Å². The van der Waals surface area contributed by atoms with E-state index in [1.165, 1.54) is 24.3 Å². The molecule has 0 bridgehead atoms. The molecule has 1 aliphatic rings. The number of nitro benzene ring substituents is 1. The fraction of sp³-hybridized carbons (Fsp3) is 0.385. The SMILES string of the molecule is CC1(C)CC1(NC(=O)Nc1ccc([N+](=O)[O-])cc1)C(=O)O. The van der Waals surface area contributed by atoms with Gasteiger partial charge in [-0.25, -0.2) is 9.59 Å². The van der Waals surface area contributed by atoms with Gasteiger partial charge in [-0.05, 0) is 18.6 Å². The molecule has 1 fully saturated rings. The van der Waals surface area contributed by atoms with Crippen molar-refractivity contribution < 1.29 is 19.6 Å². The lowest BCUT2D eigenvalue weighted by Crippen LogP contribution is -2.48. The highest BCUT2D eigenvalue weighted by Gasteiger charge is 2.68. The predicted octanol–water partition coefficient (Wildman–Crippen LogP) is 1.97. The smallest absolute Gasteiger partial charge is 0.330 e. The average Bonchev–Trinajstić information content (AvgIpc) is 2.92. The molecule has 1 aromatic carbocycles. The number of hydrogen-bond donors (Lipinski definition) is 3. The summed E-state index contributed by atoms with van der Waals surface area (Å²) in [6.07, 6.45) is 0.350. The molecular formula is C13H15N3O5. The summed E-state index contributed by atoms with van der Waals surface area (Å²) in [4.78, 5) is 33.1. The standard InChI is InChI=1S/C13H15N3O5/c1-12(2)7-13(12,10(17)18)15-11(19)14-8-3-5-9(6-4-8)16(20)21/h3-6H,7H2,1-2H3,(H,17,18)(H2,14,15,19). The zero-order valence-corrected chi connectivity index (χ0v) is 11.5. The number of nitrogens with zero attached hydrogens (tertiary/aromatic N) is 1. The summed E-state index contributed by atoms with van der Waals surface area (Å²) < 4.78 is 0. The van der Waals surface area contributed by atoms with E-state index in [-0.39, 0.29) is 5.69 Å². The first-order chi connectivity index (χ1) is 9.68. The summed E-state index contributed by atoms with van der Waals surface area (Å²) in [6, 6.07) is 4.61. The van der Waals surface area contributed by atoms with Crippen molar-refractivity contribution in [1.82, 2.24) is 5.32 Å². The first-order valence-electron chi connectivity index (χ1n) is 6.25. The minimum Gasteiger partial charge on any atom is -0.479 e. The Morgan fingerprint density at radius 3 is 2.19 bits per heavy atom. The maximum Gasteiger partial charge on any atom is 0.330 e. The minimum atomic E-state index is -1.27. The van der Waals surface area contributed by atoms with Gasteiger partial charge in [-0.2, -0.15) is 0 Å². The van der Waals surface area contributed by atoms with Gasteiger partial charge in [0.1, 0.15) is 5.54 Å². The molecule has 21 heavy (non-hydrogen) atoms. The van der Waals surface area contributed by atoms with Crippen LogP contribution in [0.4, 0.5) is 16.2 Å². The van der Waals surface area contributed by atoms with Crippen molar-refractivity contribution in [2.45, 2.75) is 25.8 Å². The first-order valence-corrected chi connectivity index (χ1v) is 6.25. The lowest BCUT2D eigenvalue weighted by atomic mass is 10.1. The molecule has 8 nitrogen and oxygen atoms in total. The second-order valence-electron chi connectivity index (χ2n) is 5.65. The number of non-ortho nitro benzene ring substituents is 1. The number of hydrogen-bond acceptors (Lipinski definition) is 4. The number of nitro groups is 1. The third kappa shape index (κ3) is 2.64. The molecule has 0 heterocycles. The van der Waals surface area contributed by atoms with Crippen LogP contribution in [0.2, 0.25) is 0 Å². The number of urea groups is 1. The van der Waals surface area contributed by atoms with Gasteiger partial charge in [0.05, 0.1) is 4.92 Å². The highest BCUT2D eigenvalue weighted by molar-refractivity contribution is 5.96. The maximum atomic E-state index is 11.9. The molecule has 1 aromatic rings. The van der Waals surface area contributed by atoms with Crippen LogP contribution in [0.15, 0.2) is 24.3 Å². The number of carbonyl (C=O) groups excluding carboxylic acids is 1. The van der Waals surface area contributed by atoms with Crippen LogP contribution in [-0.2, 0) is 4.79 Å². The van der Waals surface area contributed by atoms with Crippen LogP contribution in [0.5, 0.6) is 0 Å². The van der Waals surface area contributed by atoms with E-state index in [0.717, 1.165) is 0 Å². The topological polar surface area (TPSA) is 122 Å². The molecule has 0 saturated heterocycles. The molecule has 112 valence electrons. The largest absolute Gasteiger partial charge is 0.479 e. The maximum absolute atomic E-state index is 11.9. The molecular weight excluding hydrogens is 278 g/mol. The third-order valence-corrected chi connectivity index (χ3v) is 3.77. The normalized spacial score (nSPS) is 22.2. The van der Waals surface area contributed by atoms with Crippen LogP contribution in [0.1, 0.15) is 20.3 Å². The molecule has 2 amide bonds. The Balaban J connectivity index is 2.02. The number of rotatable bonds is 4. The predicted molar refractivity (Wildman–Crippen MR) is 74.0 cm³/mol. The van der Waals surface area contributed by atoms with E-state index in [2.05, 4.69) is 10.6 Å². The van der Waals surface area contributed by atoms with E-state index in [9.17, 15) is 24.8 Å². The molecule has 2 rings (SSSR count). The van der Waals surface area contributed by atoms with E-state index in [0.29, 0.717) is 12.1 Å². The van der Waals surface area contributed by atoms with Crippen molar-refractivity contribution in [3.8, 4) is 0 Å². The fourth-order valence-electron chi connectivity index (χ4n) is 2.27. The number of benzene rings is 1. The number of amides is 2. The van der Waals surface area contributed by atoms with Crippen LogP contribution in [0, 0.1) is 15.5 Å². The van der Waals surface area contributed by atoms with Crippen LogP contribution < -0.4 is 10.6 Å².